The average Bonchev–Trinajstić information content (AvgIpc) is 2.99. The summed E-state index contributed by atoms with van der Waals surface area (Å²) in [5.74, 6) is -0.0440. The number of hydrogen-bond acceptors (Lipinski definition) is 3. The molecule has 0 saturated carbocycles. The highest BCUT2D eigenvalue weighted by molar-refractivity contribution is 5.76. The summed E-state index contributed by atoms with van der Waals surface area (Å²) in [4.78, 5) is 12.3. The lowest BCUT2D eigenvalue weighted by Crippen LogP contribution is -2.45. The molecule has 248 valence electrons. The maximum Gasteiger partial charge on any atom is 0.220 e. The highest BCUT2D eigenvalue weighted by atomic mass is 16.3. The van der Waals surface area contributed by atoms with Crippen LogP contribution in [0.3, 0.4) is 0 Å². The SMILES string of the molecule is CCCCC/C=C\C=C/CCCCCCCCC(=O)NC(CO)C(O)CCCCCCCCCCCCCCCCC. The molecule has 42 heavy (non-hydrogen) atoms. The van der Waals surface area contributed by atoms with Gasteiger partial charge >= 0.3 is 0 Å². The van der Waals surface area contributed by atoms with Crippen molar-refractivity contribution in [1.29, 1.82) is 0 Å². The smallest absolute Gasteiger partial charge is 0.220 e. The molecule has 0 fully saturated rings. The van der Waals surface area contributed by atoms with Gasteiger partial charge in [-0.15, -0.1) is 0 Å². The zero-order chi connectivity index (χ0) is 30.8. The molecule has 0 saturated heterocycles. The molecular weight excluding hydrogens is 518 g/mol. The molecule has 0 aromatic rings. The standard InChI is InChI=1S/C38H73NO3/c1-3-5-7-9-11-13-15-17-19-21-23-25-27-29-31-33-37(41)36(35-40)39-38(42)34-32-30-28-26-24-22-20-18-16-14-12-10-8-6-4-2/h12,14,16,18,36-37,40-41H,3-11,13,15,17,19-35H2,1-2H3,(H,39,42)/b14-12-,18-16-. The predicted octanol–water partition coefficient (Wildman–Crippen LogP) is 10.9. The molecule has 3 N–H and O–H groups in total. The van der Waals surface area contributed by atoms with Crippen molar-refractivity contribution in [2.45, 2.75) is 206 Å². The second kappa shape index (κ2) is 34.4. The van der Waals surface area contributed by atoms with E-state index in [0.717, 1.165) is 32.1 Å². The predicted molar refractivity (Wildman–Crippen MR) is 184 cm³/mol. The molecule has 0 bridgehead atoms. The lowest BCUT2D eigenvalue weighted by atomic mass is 10.0. The Morgan fingerprint density at radius 2 is 0.952 bits per heavy atom. The minimum Gasteiger partial charge on any atom is -0.394 e. The van der Waals surface area contributed by atoms with Crippen LogP contribution in [0.2, 0.25) is 0 Å². The number of amides is 1. The summed E-state index contributed by atoms with van der Waals surface area (Å²) < 4.78 is 0. The van der Waals surface area contributed by atoms with Crippen LogP contribution in [0.25, 0.3) is 0 Å². The molecule has 0 aromatic carbocycles. The van der Waals surface area contributed by atoms with E-state index in [9.17, 15) is 15.0 Å². The number of aliphatic hydroxyl groups excluding tert-OH is 2. The topological polar surface area (TPSA) is 69.6 Å². The molecule has 0 aromatic heterocycles. The quantitative estimate of drug-likeness (QED) is 0.0525. The first kappa shape index (κ1) is 40.9. The van der Waals surface area contributed by atoms with Crippen molar-refractivity contribution in [1.82, 2.24) is 5.32 Å². The van der Waals surface area contributed by atoms with E-state index in [2.05, 4.69) is 43.5 Å². The summed E-state index contributed by atoms with van der Waals surface area (Å²) in [6.07, 6.45) is 42.2. The summed E-state index contributed by atoms with van der Waals surface area (Å²) in [5.41, 5.74) is 0. The van der Waals surface area contributed by atoms with Crippen LogP contribution in [-0.2, 0) is 4.79 Å². The van der Waals surface area contributed by atoms with Crippen molar-refractivity contribution < 1.29 is 15.0 Å². The van der Waals surface area contributed by atoms with Gasteiger partial charge in [-0.2, -0.15) is 0 Å². The van der Waals surface area contributed by atoms with Crippen LogP contribution in [0.5, 0.6) is 0 Å². The average molecular weight is 592 g/mol. The molecule has 0 radical (unpaired) electrons. The van der Waals surface area contributed by atoms with Crippen molar-refractivity contribution >= 4 is 5.91 Å². The van der Waals surface area contributed by atoms with Crippen molar-refractivity contribution in [2.75, 3.05) is 6.61 Å². The number of unbranched alkanes of at least 4 members (excludes halogenated alkanes) is 23. The molecule has 0 aliphatic carbocycles. The Labute approximate surface area is 262 Å². The third kappa shape index (κ3) is 30.3. The van der Waals surface area contributed by atoms with Gasteiger partial charge in [0.05, 0.1) is 18.8 Å². The zero-order valence-electron chi connectivity index (χ0n) is 28.3. The molecule has 0 heterocycles. The first-order valence-electron chi connectivity index (χ1n) is 18.6. The van der Waals surface area contributed by atoms with Crippen molar-refractivity contribution in [3.8, 4) is 0 Å². The highest BCUT2D eigenvalue weighted by Gasteiger charge is 2.19. The molecular formula is C38H73NO3. The van der Waals surface area contributed by atoms with Crippen LogP contribution < -0.4 is 5.32 Å². The minimum absolute atomic E-state index is 0.0440. The van der Waals surface area contributed by atoms with Gasteiger partial charge in [-0.3, -0.25) is 4.79 Å². The van der Waals surface area contributed by atoms with E-state index < -0.39 is 12.1 Å². The molecule has 0 rings (SSSR count). The third-order valence-corrected chi connectivity index (χ3v) is 8.49. The van der Waals surface area contributed by atoms with E-state index in [4.69, 9.17) is 0 Å². The summed E-state index contributed by atoms with van der Waals surface area (Å²) in [6.45, 7) is 4.32. The molecule has 2 atom stereocenters. The van der Waals surface area contributed by atoms with Crippen LogP contribution in [-0.4, -0.2) is 34.9 Å². The van der Waals surface area contributed by atoms with Gasteiger partial charge in [-0.05, 0) is 38.5 Å². The van der Waals surface area contributed by atoms with E-state index >= 15 is 0 Å². The van der Waals surface area contributed by atoms with E-state index in [1.54, 1.807) is 0 Å². The van der Waals surface area contributed by atoms with Crippen LogP contribution in [0.4, 0.5) is 0 Å². The van der Waals surface area contributed by atoms with Gasteiger partial charge in [0.25, 0.3) is 0 Å². The highest BCUT2D eigenvalue weighted by Crippen LogP contribution is 2.15. The summed E-state index contributed by atoms with van der Waals surface area (Å²) >= 11 is 0. The van der Waals surface area contributed by atoms with Gasteiger partial charge in [0.1, 0.15) is 0 Å². The summed E-state index contributed by atoms with van der Waals surface area (Å²) in [5, 5.41) is 23.0. The number of rotatable bonds is 33. The van der Waals surface area contributed by atoms with Crippen molar-refractivity contribution in [3.63, 3.8) is 0 Å². The fourth-order valence-corrected chi connectivity index (χ4v) is 5.59. The van der Waals surface area contributed by atoms with E-state index in [1.165, 1.54) is 135 Å². The Morgan fingerprint density at radius 1 is 0.571 bits per heavy atom. The van der Waals surface area contributed by atoms with Gasteiger partial charge in [-0.1, -0.05) is 173 Å². The van der Waals surface area contributed by atoms with E-state index in [1.807, 2.05) is 0 Å². The maximum absolute atomic E-state index is 12.3. The van der Waals surface area contributed by atoms with Crippen LogP contribution in [0, 0.1) is 0 Å². The van der Waals surface area contributed by atoms with E-state index in [-0.39, 0.29) is 12.5 Å². The Hall–Kier alpha value is -1.13. The Bertz CT molecular complexity index is 603. The zero-order valence-corrected chi connectivity index (χ0v) is 28.3. The number of allylic oxidation sites excluding steroid dienone is 4. The van der Waals surface area contributed by atoms with E-state index in [0.29, 0.717) is 12.8 Å². The first-order valence-corrected chi connectivity index (χ1v) is 18.6. The third-order valence-electron chi connectivity index (χ3n) is 8.49. The second-order valence-corrected chi connectivity index (χ2v) is 12.7. The second-order valence-electron chi connectivity index (χ2n) is 12.7. The first-order chi connectivity index (χ1) is 20.7. The Morgan fingerprint density at radius 3 is 1.43 bits per heavy atom. The minimum atomic E-state index is -0.661. The fourth-order valence-electron chi connectivity index (χ4n) is 5.59. The summed E-state index contributed by atoms with van der Waals surface area (Å²) in [6, 6.07) is -0.539. The lowest BCUT2D eigenvalue weighted by molar-refractivity contribution is -0.123. The van der Waals surface area contributed by atoms with Gasteiger partial charge in [0.15, 0.2) is 0 Å². The molecule has 1 amide bonds. The van der Waals surface area contributed by atoms with Crippen molar-refractivity contribution in [3.05, 3.63) is 24.3 Å². The number of carbonyl (C=O) groups excluding carboxylic acids is 1. The van der Waals surface area contributed by atoms with Crippen molar-refractivity contribution in [2.24, 2.45) is 0 Å². The van der Waals surface area contributed by atoms with Gasteiger partial charge in [0, 0.05) is 6.42 Å². The molecule has 2 unspecified atom stereocenters. The van der Waals surface area contributed by atoms with Gasteiger partial charge < -0.3 is 15.5 Å². The Balaban J connectivity index is 3.58. The molecule has 0 aliphatic rings. The van der Waals surface area contributed by atoms with Gasteiger partial charge in [0.2, 0.25) is 5.91 Å². The number of aliphatic hydroxyl groups is 2. The van der Waals surface area contributed by atoms with Crippen LogP contribution >= 0.6 is 0 Å². The summed E-state index contributed by atoms with van der Waals surface area (Å²) in [7, 11) is 0. The number of nitrogens with one attached hydrogen (secondary N) is 1. The largest absolute Gasteiger partial charge is 0.394 e. The Kier molecular flexibility index (Phi) is 33.4. The number of hydrogen-bond donors (Lipinski definition) is 3. The number of carbonyl (C=O) groups is 1. The molecule has 0 spiro atoms. The van der Waals surface area contributed by atoms with Crippen LogP contribution in [0.1, 0.15) is 194 Å². The molecule has 0 aliphatic heterocycles. The maximum atomic E-state index is 12.3. The lowest BCUT2D eigenvalue weighted by Gasteiger charge is -2.22. The van der Waals surface area contributed by atoms with Crippen LogP contribution in [0.15, 0.2) is 24.3 Å². The normalized spacial score (nSPS) is 13.3. The molecule has 4 heteroatoms. The van der Waals surface area contributed by atoms with Gasteiger partial charge in [-0.25, -0.2) is 0 Å². The molecule has 4 nitrogen and oxygen atoms in total. The monoisotopic (exact) mass is 592 g/mol. The fraction of sp³-hybridized carbons (Fsp3) is 0.868.